The molecule has 0 spiro atoms. The van der Waals surface area contributed by atoms with Gasteiger partial charge in [0.25, 0.3) is 0 Å². The van der Waals surface area contributed by atoms with Gasteiger partial charge in [-0.15, -0.1) is 0 Å². The van der Waals surface area contributed by atoms with Crippen LogP contribution in [0.3, 0.4) is 0 Å². The van der Waals surface area contributed by atoms with Crippen molar-refractivity contribution in [2.75, 3.05) is 6.61 Å². The van der Waals surface area contributed by atoms with Gasteiger partial charge in [-0.2, -0.15) is 12.7 Å². The van der Waals surface area contributed by atoms with Crippen LogP contribution in [0.4, 0.5) is 4.79 Å². The van der Waals surface area contributed by atoms with E-state index in [-0.39, 0.29) is 6.61 Å². The van der Waals surface area contributed by atoms with Gasteiger partial charge in [0.05, 0.1) is 12.6 Å². The second-order valence-electron chi connectivity index (χ2n) is 6.01. The summed E-state index contributed by atoms with van der Waals surface area (Å²) >= 11 is 5.92. The molecule has 1 aromatic rings. The van der Waals surface area contributed by atoms with E-state index in [0.717, 1.165) is 5.56 Å². The molecule has 1 fully saturated rings. The molecule has 1 heterocycles. The molecule has 0 saturated carbocycles. The third kappa shape index (κ3) is 4.12. The van der Waals surface area contributed by atoms with Crippen molar-refractivity contribution < 1.29 is 22.1 Å². The molecule has 1 aliphatic rings. The fraction of sp³-hybridized carbons (Fsp3) is 0.500. The highest BCUT2D eigenvalue weighted by Gasteiger charge is 2.44. The minimum absolute atomic E-state index is 0.103. The molecule has 0 bridgehead atoms. The average molecular weight is 348 g/mol. The van der Waals surface area contributed by atoms with Gasteiger partial charge in [0.2, 0.25) is 0 Å². The summed E-state index contributed by atoms with van der Waals surface area (Å²) in [5, 5.41) is 0.545. The van der Waals surface area contributed by atoms with Gasteiger partial charge in [-0.25, -0.2) is 4.79 Å². The lowest BCUT2D eigenvalue weighted by Crippen LogP contribution is -2.43. The number of rotatable bonds is 2. The van der Waals surface area contributed by atoms with Crippen molar-refractivity contribution >= 4 is 28.0 Å². The Morgan fingerprint density at radius 2 is 2.14 bits per heavy atom. The van der Waals surface area contributed by atoms with Crippen LogP contribution in [0.5, 0.6) is 0 Å². The van der Waals surface area contributed by atoms with Gasteiger partial charge in [-0.3, -0.25) is 4.18 Å². The Morgan fingerprint density at radius 1 is 1.45 bits per heavy atom. The summed E-state index contributed by atoms with van der Waals surface area (Å²) in [6.07, 6.45) is -0.629. The minimum atomic E-state index is -4.11. The first-order valence-electron chi connectivity index (χ1n) is 6.75. The van der Waals surface area contributed by atoms with Gasteiger partial charge in [0, 0.05) is 5.02 Å². The molecule has 0 radical (unpaired) electrons. The maximum atomic E-state index is 12.2. The van der Waals surface area contributed by atoms with Gasteiger partial charge in [-0.05, 0) is 44.9 Å². The van der Waals surface area contributed by atoms with Crippen molar-refractivity contribution in [2.45, 2.75) is 38.8 Å². The Labute approximate surface area is 135 Å². The molecular weight excluding hydrogens is 330 g/mol. The number of hydrogen-bond acceptors (Lipinski definition) is 5. The van der Waals surface area contributed by atoms with Crippen molar-refractivity contribution in [1.29, 1.82) is 0 Å². The highest BCUT2D eigenvalue weighted by molar-refractivity contribution is 7.85. The lowest BCUT2D eigenvalue weighted by Gasteiger charge is -2.25. The number of carbonyl (C=O) groups is 1. The van der Waals surface area contributed by atoms with Crippen LogP contribution in [-0.2, 0) is 25.6 Å². The average Bonchev–Trinajstić information content (AvgIpc) is 2.62. The smallest absolute Gasteiger partial charge is 0.426 e. The van der Waals surface area contributed by atoms with Crippen molar-refractivity contribution in [2.24, 2.45) is 0 Å². The Kier molecular flexibility index (Phi) is 4.70. The van der Waals surface area contributed by atoms with Crippen LogP contribution in [0.25, 0.3) is 0 Å². The Hall–Kier alpha value is -1.31. The number of ether oxygens (including phenoxy) is 1. The summed E-state index contributed by atoms with van der Waals surface area (Å²) in [4.78, 5) is 12.2. The Morgan fingerprint density at radius 3 is 2.73 bits per heavy atom. The van der Waals surface area contributed by atoms with Gasteiger partial charge >= 0.3 is 16.4 Å². The molecule has 0 aliphatic carbocycles. The topological polar surface area (TPSA) is 72.9 Å². The van der Waals surface area contributed by atoms with E-state index in [1.54, 1.807) is 39.0 Å². The van der Waals surface area contributed by atoms with E-state index in [1.807, 2.05) is 6.07 Å². The lowest BCUT2D eigenvalue weighted by atomic mass is 10.1. The molecule has 8 heteroatoms. The molecule has 2 rings (SSSR count). The first-order chi connectivity index (χ1) is 10.1. The van der Waals surface area contributed by atoms with Crippen LogP contribution < -0.4 is 0 Å². The number of benzene rings is 1. The van der Waals surface area contributed by atoms with E-state index < -0.39 is 28.0 Å². The van der Waals surface area contributed by atoms with Crippen LogP contribution in [-0.4, -0.2) is 37.1 Å². The van der Waals surface area contributed by atoms with Crippen LogP contribution in [0.2, 0.25) is 5.02 Å². The van der Waals surface area contributed by atoms with Crippen LogP contribution in [0.1, 0.15) is 26.3 Å². The third-order valence-corrected chi connectivity index (χ3v) is 4.51. The second-order valence-corrected chi connectivity index (χ2v) is 7.93. The Balaban J connectivity index is 2.21. The third-order valence-electron chi connectivity index (χ3n) is 2.92. The quantitative estimate of drug-likeness (QED) is 0.822. The first kappa shape index (κ1) is 17.1. The number of hydrogen-bond donors (Lipinski definition) is 0. The molecule has 1 unspecified atom stereocenters. The SMILES string of the molecule is CC(C)(C)OC(=O)N1C(Cc2cccc(Cl)c2)COS1(=O)=O. The molecule has 1 aliphatic heterocycles. The molecule has 122 valence electrons. The highest BCUT2D eigenvalue weighted by Crippen LogP contribution is 2.25. The maximum absolute atomic E-state index is 12.2. The van der Waals surface area contributed by atoms with Crippen LogP contribution >= 0.6 is 11.6 Å². The zero-order valence-corrected chi connectivity index (χ0v) is 14.1. The van der Waals surface area contributed by atoms with E-state index in [0.29, 0.717) is 15.7 Å². The van der Waals surface area contributed by atoms with Crippen molar-refractivity contribution in [3.8, 4) is 0 Å². The van der Waals surface area contributed by atoms with E-state index in [4.69, 9.17) is 20.5 Å². The van der Waals surface area contributed by atoms with E-state index in [2.05, 4.69) is 0 Å². The van der Waals surface area contributed by atoms with Crippen LogP contribution in [0, 0.1) is 0 Å². The molecule has 1 aromatic carbocycles. The first-order valence-corrected chi connectivity index (χ1v) is 8.49. The Bertz CT molecular complexity index is 668. The summed E-state index contributed by atoms with van der Waals surface area (Å²) in [5.74, 6) is 0. The van der Waals surface area contributed by atoms with E-state index >= 15 is 0 Å². The molecule has 6 nitrogen and oxygen atoms in total. The number of amides is 1. The monoisotopic (exact) mass is 347 g/mol. The lowest BCUT2D eigenvalue weighted by molar-refractivity contribution is 0.0357. The molecule has 1 atom stereocenters. The van der Waals surface area contributed by atoms with Gasteiger partial charge in [0.1, 0.15) is 5.60 Å². The van der Waals surface area contributed by atoms with Crippen molar-refractivity contribution in [1.82, 2.24) is 4.31 Å². The predicted molar refractivity (Wildman–Crippen MR) is 81.9 cm³/mol. The molecule has 0 aromatic heterocycles. The number of nitrogens with zero attached hydrogens (tertiary/aromatic N) is 1. The molecule has 0 N–H and O–H groups in total. The molecular formula is C14H18ClNO5S. The molecule has 22 heavy (non-hydrogen) atoms. The normalized spacial score (nSPS) is 20.9. The highest BCUT2D eigenvalue weighted by atomic mass is 35.5. The largest absolute Gasteiger partial charge is 0.443 e. The summed E-state index contributed by atoms with van der Waals surface area (Å²) in [5.41, 5.74) is 0.0160. The maximum Gasteiger partial charge on any atom is 0.426 e. The fourth-order valence-corrected chi connectivity index (χ4v) is 3.47. The second kappa shape index (κ2) is 6.06. The number of halogens is 1. The van der Waals surface area contributed by atoms with E-state index in [1.165, 1.54) is 0 Å². The predicted octanol–water partition coefficient (Wildman–Crippen LogP) is 2.76. The summed E-state index contributed by atoms with van der Waals surface area (Å²) < 4.78 is 34.5. The zero-order valence-electron chi connectivity index (χ0n) is 12.6. The summed E-state index contributed by atoms with van der Waals surface area (Å²) in [6.45, 7) is 4.90. The van der Waals surface area contributed by atoms with Gasteiger partial charge in [0.15, 0.2) is 0 Å². The fourth-order valence-electron chi connectivity index (χ4n) is 2.10. The van der Waals surface area contributed by atoms with Gasteiger partial charge in [-0.1, -0.05) is 23.7 Å². The van der Waals surface area contributed by atoms with Crippen LogP contribution in [0.15, 0.2) is 24.3 Å². The van der Waals surface area contributed by atoms with Crippen molar-refractivity contribution in [3.63, 3.8) is 0 Å². The minimum Gasteiger partial charge on any atom is -0.443 e. The summed E-state index contributed by atoms with van der Waals surface area (Å²) in [7, 11) is -4.11. The van der Waals surface area contributed by atoms with Crippen molar-refractivity contribution in [3.05, 3.63) is 34.9 Å². The van der Waals surface area contributed by atoms with Gasteiger partial charge < -0.3 is 4.74 Å². The number of carbonyl (C=O) groups excluding carboxylic acids is 1. The standard InChI is InChI=1S/C14H18ClNO5S/c1-14(2,3)21-13(17)16-12(9-20-22(16,18)19)8-10-5-4-6-11(15)7-10/h4-7,12H,8-9H2,1-3H3. The zero-order chi connectivity index (χ0) is 16.5. The molecule has 1 saturated heterocycles. The summed E-state index contributed by atoms with van der Waals surface area (Å²) in [6, 6.07) is 6.36. The van der Waals surface area contributed by atoms with E-state index in [9.17, 15) is 13.2 Å². The molecule has 1 amide bonds.